The van der Waals surface area contributed by atoms with Crippen molar-refractivity contribution >= 4 is 39.1 Å². The minimum atomic E-state index is -0.628. The van der Waals surface area contributed by atoms with Crippen LogP contribution in [-0.2, 0) is 5.41 Å². The standard InChI is InChI=1S/C64H41N5/c1-4-18-44(19-5-1)61-65-62(45-20-6-2-7-21-45)67-63(66-61)69-59-30-16-13-27-54(59)64(55-28-14-17-31-60(55)69)53-26-12-10-24-49(53)50-38-36-47(41-56(50)64)43-34-32-42(33-35-43)46-37-39-58-52(40-46)51-25-11-15-29-57(51)68(58)48-22-8-3-9-23-48/h1-41H. The number of aromatic nitrogens is 4. The number of nitrogens with zero attached hydrogens (tertiary/aromatic N) is 5. The summed E-state index contributed by atoms with van der Waals surface area (Å²) < 4.78 is 2.37. The molecule has 0 atom stereocenters. The third-order valence-corrected chi connectivity index (χ3v) is 14.3. The van der Waals surface area contributed by atoms with Crippen molar-refractivity contribution in [1.29, 1.82) is 0 Å². The van der Waals surface area contributed by atoms with E-state index >= 15 is 0 Å². The molecule has 0 fully saturated rings. The largest absolute Gasteiger partial charge is 0.309 e. The fourth-order valence-corrected chi connectivity index (χ4v) is 11.3. The molecule has 10 aromatic carbocycles. The van der Waals surface area contributed by atoms with Crippen molar-refractivity contribution in [2.24, 2.45) is 0 Å². The minimum absolute atomic E-state index is 0.568. The van der Waals surface area contributed by atoms with Crippen molar-refractivity contribution < 1.29 is 0 Å². The Kier molecular flexibility index (Phi) is 8.73. The van der Waals surface area contributed by atoms with E-state index in [-0.39, 0.29) is 0 Å². The van der Waals surface area contributed by atoms with Crippen LogP contribution in [0.4, 0.5) is 17.3 Å². The quantitative estimate of drug-likeness (QED) is 0.167. The lowest BCUT2D eigenvalue weighted by Gasteiger charge is -2.44. The molecular formula is C64H41N5. The van der Waals surface area contributed by atoms with Gasteiger partial charge < -0.3 is 4.57 Å². The van der Waals surface area contributed by atoms with Crippen LogP contribution in [0.3, 0.4) is 0 Å². The summed E-state index contributed by atoms with van der Waals surface area (Å²) in [6, 6.07) is 89.4. The molecule has 0 unspecified atom stereocenters. The molecule has 0 N–H and O–H groups in total. The smallest absolute Gasteiger partial charge is 0.238 e. The van der Waals surface area contributed by atoms with E-state index in [1.54, 1.807) is 0 Å². The Bertz CT molecular complexity index is 3850. The van der Waals surface area contributed by atoms with Crippen molar-refractivity contribution in [3.05, 3.63) is 271 Å². The third kappa shape index (κ3) is 5.94. The van der Waals surface area contributed by atoms with Crippen LogP contribution in [0.15, 0.2) is 249 Å². The SMILES string of the molecule is c1ccc(-c2nc(-c3ccccc3)nc(N3c4ccccc4C4(c5ccccc5-c5ccc(-c6ccc(-c7ccc8c(c7)c7ccccc7n8-c7ccccc7)cc6)cc54)c4ccccc43)n2)cc1. The lowest BCUT2D eigenvalue weighted by molar-refractivity contribution is 0.749. The van der Waals surface area contributed by atoms with Gasteiger partial charge in [0.05, 0.1) is 27.8 Å². The lowest BCUT2D eigenvalue weighted by Crippen LogP contribution is -2.36. The molecule has 1 spiro atoms. The van der Waals surface area contributed by atoms with Crippen LogP contribution < -0.4 is 4.90 Å². The molecule has 12 aromatic rings. The maximum Gasteiger partial charge on any atom is 0.238 e. The zero-order valence-corrected chi connectivity index (χ0v) is 37.4. The first-order valence-electron chi connectivity index (χ1n) is 23.5. The fraction of sp³-hybridized carbons (Fsp3) is 0.0156. The zero-order valence-electron chi connectivity index (χ0n) is 37.4. The van der Waals surface area contributed by atoms with E-state index < -0.39 is 5.41 Å². The number of hydrogen-bond acceptors (Lipinski definition) is 4. The van der Waals surface area contributed by atoms with Crippen molar-refractivity contribution in [3.63, 3.8) is 0 Å². The molecule has 2 aromatic heterocycles. The molecule has 0 bridgehead atoms. The van der Waals surface area contributed by atoms with Crippen LogP contribution >= 0.6 is 0 Å². The highest BCUT2D eigenvalue weighted by Gasteiger charge is 2.52. The second-order valence-corrected chi connectivity index (χ2v) is 17.9. The van der Waals surface area contributed by atoms with E-state index in [1.807, 2.05) is 36.4 Å². The van der Waals surface area contributed by atoms with Crippen LogP contribution in [0.2, 0.25) is 0 Å². The summed E-state index contributed by atoms with van der Waals surface area (Å²) in [7, 11) is 0. The van der Waals surface area contributed by atoms with Gasteiger partial charge in [0, 0.05) is 27.6 Å². The maximum atomic E-state index is 5.28. The van der Waals surface area contributed by atoms with Gasteiger partial charge in [0.15, 0.2) is 11.6 Å². The summed E-state index contributed by atoms with van der Waals surface area (Å²) in [4.78, 5) is 17.9. The molecule has 1 aliphatic heterocycles. The van der Waals surface area contributed by atoms with Gasteiger partial charge in [-0.25, -0.2) is 4.98 Å². The van der Waals surface area contributed by atoms with Gasteiger partial charge in [0.2, 0.25) is 5.95 Å². The number of fused-ring (bicyclic) bond motifs is 12. The Balaban J connectivity index is 0.911. The average molecular weight is 880 g/mol. The number of hydrogen-bond donors (Lipinski definition) is 0. The molecule has 2 aliphatic rings. The van der Waals surface area contributed by atoms with Crippen molar-refractivity contribution in [1.82, 2.24) is 19.5 Å². The van der Waals surface area contributed by atoms with Crippen molar-refractivity contribution in [3.8, 4) is 61.8 Å². The predicted octanol–water partition coefficient (Wildman–Crippen LogP) is 15.8. The zero-order chi connectivity index (χ0) is 45.5. The summed E-state index contributed by atoms with van der Waals surface area (Å²) in [5.74, 6) is 1.81. The molecule has 0 amide bonds. The summed E-state index contributed by atoms with van der Waals surface area (Å²) >= 11 is 0. The van der Waals surface area contributed by atoms with Gasteiger partial charge in [-0.1, -0.05) is 200 Å². The fourth-order valence-electron chi connectivity index (χ4n) is 11.3. The molecule has 1 aliphatic carbocycles. The predicted molar refractivity (Wildman–Crippen MR) is 281 cm³/mol. The van der Waals surface area contributed by atoms with E-state index in [0.717, 1.165) is 28.2 Å². The Morgan fingerprint density at radius 1 is 0.304 bits per heavy atom. The van der Waals surface area contributed by atoms with E-state index in [2.05, 4.69) is 222 Å². The highest BCUT2D eigenvalue weighted by molar-refractivity contribution is 6.10. The summed E-state index contributed by atoms with van der Waals surface area (Å²) in [6.07, 6.45) is 0. The van der Waals surface area contributed by atoms with Crippen LogP contribution in [0.25, 0.3) is 83.6 Å². The molecule has 14 rings (SSSR count). The van der Waals surface area contributed by atoms with E-state index in [1.165, 1.54) is 77.4 Å². The molecule has 0 radical (unpaired) electrons. The van der Waals surface area contributed by atoms with Crippen LogP contribution in [0, 0.1) is 0 Å². The van der Waals surface area contributed by atoms with E-state index in [9.17, 15) is 0 Å². The number of benzene rings is 10. The number of anilines is 3. The van der Waals surface area contributed by atoms with Gasteiger partial charge in [-0.2, -0.15) is 9.97 Å². The Labute approximate surface area is 399 Å². The number of rotatable bonds is 6. The van der Waals surface area contributed by atoms with Crippen molar-refractivity contribution in [2.45, 2.75) is 5.41 Å². The Morgan fingerprint density at radius 2 is 0.783 bits per heavy atom. The van der Waals surface area contributed by atoms with Gasteiger partial charge in [-0.15, -0.1) is 0 Å². The van der Waals surface area contributed by atoms with Gasteiger partial charge in [-0.3, -0.25) is 4.90 Å². The summed E-state index contributed by atoms with van der Waals surface area (Å²) in [6.45, 7) is 0. The van der Waals surface area contributed by atoms with Gasteiger partial charge in [0.25, 0.3) is 0 Å². The Hall–Kier alpha value is -9.19. The van der Waals surface area contributed by atoms with Crippen molar-refractivity contribution in [2.75, 3.05) is 4.90 Å². The summed E-state index contributed by atoms with van der Waals surface area (Å²) in [5, 5.41) is 2.49. The number of para-hydroxylation sites is 4. The molecule has 5 nitrogen and oxygen atoms in total. The molecule has 0 saturated carbocycles. The summed E-state index contributed by atoms with van der Waals surface area (Å²) in [5.41, 5.74) is 18.9. The molecule has 5 heteroatoms. The molecular weight excluding hydrogens is 839 g/mol. The average Bonchev–Trinajstić information content (AvgIpc) is 3.92. The first-order chi connectivity index (χ1) is 34.2. The third-order valence-electron chi connectivity index (χ3n) is 14.3. The van der Waals surface area contributed by atoms with E-state index in [0.29, 0.717) is 17.6 Å². The highest BCUT2D eigenvalue weighted by Crippen LogP contribution is 2.63. The lowest BCUT2D eigenvalue weighted by atomic mass is 9.64. The van der Waals surface area contributed by atoms with Crippen LogP contribution in [0.5, 0.6) is 0 Å². The first kappa shape index (κ1) is 39.0. The van der Waals surface area contributed by atoms with Gasteiger partial charge in [-0.05, 0) is 104 Å². The molecule has 3 heterocycles. The molecule has 322 valence electrons. The minimum Gasteiger partial charge on any atom is -0.309 e. The highest BCUT2D eigenvalue weighted by atomic mass is 15.3. The van der Waals surface area contributed by atoms with Crippen LogP contribution in [-0.4, -0.2) is 19.5 Å². The molecule has 69 heavy (non-hydrogen) atoms. The normalized spacial score (nSPS) is 13.0. The van der Waals surface area contributed by atoms with Gasteiger partial charge in [0.1, 0.15) is 0 Å². The van der Waals surface area contributed by atoms with E-state index in [4.69, 9.17) is 15.0 Å². The van der Waals surface area contributed by atoms with Gasteiger partial charge >= 0.3 is 0 Å². The second-order valence-electron chi connectivity index (χ2n) is 17.9. The topological polar surface area (TPSA) is 46.8 Å². The monoisotopic (exact) mass is 879 g/mol. The maximum absolute atomic E-state index is 5.28. The first-order valence-corrected chi connectivity index (χ1v) is 23.5. The second kappa shape index (κ2) is 15.4. The Morgan fingerprint density at radius 3 is 1.43 bits per heavy atom. The van der Waals surface area contributed by atoms with Crippen LogP contribution in [0.1, 0.15) is 22.3 Å². The molecule has 0 saturated heterocycles.